The van der Waals surface area contributed by atoms with Crippen molar-refractivity contribution >= 4 is 58.3 Å². The van der Waals surface area contributed by atoms with Gasteiger partial charge in [0.05, 0.1) is 47.7 Å². The Morgan fingerprint density at radius 3 is 2.70 bits per heavy atom. The van der Waals surface area contributed by atoms with Crippen molar-refractivity contribution < 1.29 is 18.7 Å². The highest BCUT2D eigenvalue weighted by Crippen LogP contribution is 2.36. The lowest BCUT2D eigenvalue weighted by molar-refractivity contribution is -0.122. The van der Waals surface area contributed by atoms with Gasteiger partial charge in [0.2, 0.25) is 0 Å². The van der Waals surface area contributed by atoms with E-state index in [0.29, 0.717) is 55.5 Å². The van der Waals surface area contributed by atoms with Gasteiger partial charge in [-0.05, 0) is 59.7 Å². The number of furan rings is 1. The molecule has 10 heteroatoms. The van der Waals surface area contributed by atoms with E-state index in [2.05, 4.69) is 24.1 Å². The highest BCUT2D eigenvalue weighted by atomic mass is 35.5. The summed E-state index contributed by atoms with van der Waals surface area (Å²) in [6.07, 6.45) is 4.85. The van der Waals surface area contributed by atoms with Crippen LogP contribution in [0, 0.1) is 5.92 Å². The lowest BCUT2D eigenvalue weighted by atomic mass is 10.1. The maximum atomic E-state index is 13.3. The van der Waals surface area contributed by atoms with Crippen molar-refractivity contribution in [3.63, 3.8) is 0 Å². The van der Waals surface area contributed by atoms with Gasteiger partial charge in [0, 0.05) is 5.56 Å². The largest absolute Gasteiger partial charge is 0.493 e. The third-order valence-electron chi connectivity index (χ3n) is 5.16. The van der Waals surface area contributed by atoms with Crippen LogP contribution in [-0.2, 0) is 11.3 Å². The van der Waals surface area contributed by atoms with Crippen LogP contribution in [0.5, 0.6) is 11.5 Å². The molecule has 0 atom stereocenters. The van der Waals surface area contributed by atoms with Gasteiger partial charge in [-0.1, -0.05) is 55.2 Å². The number of thioether (sulfide) groups is 1. The highest BCUT2D eigenvalue weighted by molar-refractivity contribution is 8.18. The van der Waals surface area contributed by atoms with Gasteiger partial charge in [-0.15, -0.1) is 5.10 Å². The highest BCUT2D eigenvalue weighted by Gasteiger charge is 2.34. The van der Waals surface area contributed by atoms with Crippen LogP contribution in [0.25, 0.3) is 6.08 Å². The number of nitrogens with zero attached hydrogens (tertiary/aromatic N) is 3. The zero-order chi connectivity index (χ0) is 26.4. The Balaban J connectivity index is 1.61. The third-order valence-corrected chi connectivity index (χ3v) is 6.99. The number of ether oxygens (including phenoxy) is 2. The number of rotatable bonds is 9. The number of amidine groups is 1. The first-order valence-electron chi connectivity index (χ1n) is 11.5. The molecule has 7 nitrogen and oxygen atoms in total. The van der Waals surface area contributed by atoms with Gasteiger partial charge in [0.1, 0.15) is 5.76 Å². The van der Waals surface area contributed by atoms with Crippen molar-refractivity contribution in [1.82, 2.24) is 4.90 Å². The molecular formula is C27H25Cl2N3O4S. The lowest BCUT2D eigenvalue weighted by Crippen LogP contribution is -2.28. The number of hydrogen-bond donors (Lipinski definition) is 0. The number of carbonyl (C=O) groups is 1. The minimum atomic E-state index is -0.213. The van der Waals surface area contributed by atoms with E-state index < -0.39 is 0 Å². The summed E-state index contributed by atoms with van der Waals surface area (Å²) in [5, 5.41) is 9.68. The van der Waals surface area contributed by atoms with Gasteiger partial charge in [0.25, 0.3) is 5.91 Å². The monoisotopic (exact) mass is 557 g/mol. The van der Waals surface area contributed by atoms with Crippen molar-refractivity contribution in [2.24, 2.45) is 16.1 Å². The Morgan fingerprint density at radius 2 is 1.97 bits per heavy atom. The van der Waals surface area contributed by atoms with E-state index in [1.54, 1.807) is 49.8 Å². The molecule has 1 aliphatic rings. The van der Waals surface area contributed by atoms with E-state index in [1.807, 2.05) is 18.2 Å². The summed E-state index contributed by atoms with van der Waals surface area (Å²) in [7, 11) is 1.59. The predicted molar refractivity (Wildman–Crippen MR) is 150 cm³/mol. The van der Waals surface area contributed by atoms with Crippen LogP contribution < -0.4 is 9.47 Å². The molecule has 1 aliphatic heterocycles. The van der Waals surface area contributed by atoms with E-state index in [0.717, 1.165) is 5.56 Å². The zero-order valence-electron chi connectivity index (χ0n) is 20.5. The van der Waals surface area contributed by atoms with Gasteiger partial charge in [-0.2, -0.15) is 5.10 Å². The Bertz CT molecular complexity index is 1350. The van der Waals surface area contributed by atoms with Gasteiger partial charge in [0.15, 0.2) is 16.7 Å². The molecule has 1 aromatic heterocycles. The SMILES string of the molecule is COc1cc(/C=C2\S/C(=N\N=C\c3cccc(Cl)c3Cl)N(Cc3ccco3)C2=O)ccc1OCC(C)C. The summed E-state index contributed by atoms with van der Waals surface area (Å²) in [5.74, 6) is 2.04. The fraction of sp³-hybridized carbons (Fsp3) is 0.222. The number of benzene rings is 2. The topological polar surface area (TPSA) is 76.6 Å². The molecule has 37 heavy (non-hydrogen) atoms. The van der Waals surface area contributed by atoms with Crippen LogP contribution in [0.1, 0.15) is 30.7 Å². The Morgan fingerprint density at radius 1 is 1.14 bits per heavy atom. The fourth-order valence-corrected chi connectivity index (χ4v) is 4.63. The molecule has 1 saturated heterocycles. The maximum Gasteiger partial charge on any atom is 0.267 e. The number of carbonyl (C=O) groups excluding carboxylic acids is 1. The molecule has 0 unspecified atom stereocenters. The molecule has 4 rings (SSSR count). The second kappa shape index (κ2) is 12.4. The van der Waals surface area contributed by atoms with Crippen LogP contribution in [0.3, 0.4) is 0 Å². The van der Waals surface area contributed by atoms with Crippen LogP contribution in [0.15, 0.2) is 74.3 Å². The van der Waals surface area contributed by atoms with Crippen LogP contribution in [0.4, 0.5) is 0 Å². The van der Waals surface area contributed by atoms with E-state index >= 15 is 0 Å². The normalized spacial score (nSPS) is 16.1. The molecule has 0 aliphatic carbocycles. The quantitative estimate of drug-likeness (QED) is 0.159. The summed E-state index contributed by atoms with van der Waals surface area (Å²) in [6.45, 7) is 4.95. The number of methoxy groups -OCH3 is 1. The molecule has 1 amide bonds. The van der Waals surface area contributed by atoms with Gasteiger partial charge >= 0.3 is 0 Å². The van der Waals surface area contributed by atoms with Crippen molar-refractivity contribution in [2.75, 3.05) is 13.7 Å². The molecule has 3 aromatic rings. The number of halogens is 2. The molecule has 2 heterocycles. The zero-order valence-corrected chi connectivity index (χ0v) is 22.8. The van der Waals surface area contributed by atoms with Gasteiger partial charge in [-0.25, -0.2) is 0 Å². The summed E-state index contributed by atoms with van der Waals surface area (Å²) in [4.78, 5) is 15.3. The average molecular weight is 558 g/mol. The Labute approximate surface area is 229 Å². The first-order valence-corrected chi connectivity index (χ1v) is 13.0. The van der Waals surface area contributed by atoms with E-state index in [9.17, 15) is 4.79 Å². The van der Waals surface area contributed by atoms with E-state index in [1.165, 1.54) is 22.9 Å². The minimum absolute atomic E-state index is 0.213. The molecule has 1 fully saturated rings. The first kappa shape index (κ1) is 26.9. The van der Waals surface area contributed by atoms with E-state index in [-0.39, 0.29) is 12.5 Å². The van der Waals surface area contributed by atoms with Gasteiger partial charge in [-0.3, -0.25) is 9.69 Å². The van der Waals surface area contributed by atoms with Crippen LogP contribution in [0.2, 0.25) is 10.0 Å². The van der Waals surface area contributed by atoms with Crippen molar-refractivity contribution in [3.8, 4) is 11.5 Å². The van der Waals surface area contributed by atoms with Crippen molar-refractivity contribution in [3.05, 3.63) is 86.6 Å². The molecule has 2 aromatic carbocycles. The summed E-state index contributed by atoms with van der Waals surface area (Å²) < 4.78 is 16.8. The third kappa shape index (κ3) is 6.77. The Hall–Kier alpha value is -3.20. The minimum Gasteiger partial charge on any atom is -0.493 e. The molecule has 0 saturated carbocycles. The number of amides is 1. The standard InChI is InChI=1S/C27H25Cl2N3O4S/c1-17(2)16-36-22-10-9-18(12-23(22)34-3)13-24-26(33)32(15-20-7-5-11-35-20)27(37-24)31-30-14-19-6-4-8-21(28)25(19)29/h4-14,17H,15-16H2,1-3H3/b24-13-,30-14+,31-27-. The van der Waals surface area contributed by atoms with Crippen LogP contribution >= 0.6 is 35.0 Å². The molecule has 0 radical (unpaired) electrons. The molecular weight excluding hydrogens is 533 g/mol. The second-order valence-electron chi connectivity index (χ2n) is 8.47. The summed E-state index contributed by atoms with van der Waals surface area (Å²) in [6, 6.07) is 14.4. The Kier molecular flexibility index (Phi) is 8.97. The van der Waals surface area contributed by atoms with Gasteiger partial charge < -0.3 is 13.9 Å². The summed E-state index contributed by atoms with van der Waals surface area (Å²) in [5.41, 5.74) is 1.41. The molecule has 192 valence electrons. The molecule has 0 bridgehead atoms. The first-order chi connectivity index (χ1) is 17.9. The molecule has 0 N–H and O–H groups in total. The molecule has 0 spiro atoms. The maximum absolute atomic E-state index is 13.3. The number of hydrogen-bond acceptors (Lipinski definition) is 7. The predicted octanol–water partition coefficient (Wildman–Crippen LogP) is 7.14. The van der Waals surface area contributed by atoms with Crippen molar-refractivity contribution in [2.45, 2.75) is 20.4 Å². The fourth-order valence-electron chi connectivity index (χ4n) is 3.34. The smallest absolute Gasteiger partial charge is 0.267 e. The average Bonchev–Trinajstić information content (AvgIpc) is 3.50. The van der Waals surface area contributed by atoms with Crippen LogP contribution in [-0.4, -0.2) is 35.9 Å². The second-order valence-corrected chi connectivity index (χ2v) is 10.3. The lowest BCUT2D eigenvalue weighted by Gasteiger charge is -2.13. The summed E-state index contributed by atoms with van der Waals surface area (Å²) >= 11 is 13.5. The van der Waals surface area contributed by atoms with E-state index in [4.69, 9.17) is 37.1 Å². The van der Waals surface area contributed by atoms with Crippen molar-refractivity contribution in [1.29, 1.82) is 0 Å².